The molecule has 0 amide bonds. The number of fused-ring (bicyclic) bond motifs is 4. The van der Waals surface area contributed by atoms with Crippen LogP contribution in [0.25, 0.3) is 98.7 Å². The molecule has 7 nitrogen and oxygen atoms in total. The highest BCUT2D eigenvalue weighted by Crippen LogP contribution is 2.62. The Morgan fingerprint density at radius 3 is 1.03 bits per heavy atom. The van der Waals surface area contributed by atoms with Crippen molar-refractivity contribution in [1.29, 1.82) is 0 Å². The molecule has 10 aromatic rings. The van der Waals surface area contributed by atoms with Crippen LogP contribution in [0.3, 0.4) is 0 Å². The van der Waals surface area contributed by atoms with Crippen molar-refractivity contribution in [2.24, 2.45) is 0 Å². The Balaban J connectivity index is 1.45. The Morgan fingerprint density at radius 2 is 0.559 bits per heavy atom. The topological polar surface area (TPSA) is 142 Å². The van der Waals surface area contributed by atoms with Gasteiger partial charge in [0.2, 0.25) is 11.5 Å². The zero-order chi connectivity index (χ0) is 40.5. The molecule has 0 spiro atoms. The molecule has 10 rings (SSSR count). The van der Waals surface area contributed by atoms with Crippen molar-refractivity contribution in [1.82, 2.24) is 0 Å². The Hall–Kier alpha value is -8.16. The van der Waals surface area contributed by atoms with E-state index in [1.165, 1.54) is 0 Å². The van der Waals surface area contributed by atoms with E-state index in [0.29, 0.717) is 16.7 Å². The van der Waals surface area contributed by atoms with Gasteiger partial charge in [-0.2, -0.15) is 0 Å². The molecule has 10 aromatic carbocycles. The predicted octanol–water partition coefficient (Wildman–Crippen LogP) is 12.6. The van der Waals surface area contributed by atoms with E-state index in [1.807, 2.05) is 146 Å². The molecule has 0 unspecified atom stereocenters. The van der Waals surface area contributed by atoms with E-state index in [4.69, 9.17) is 0 Å². The maximum absolute atomic E-state index is 12.9. The minimum Gasteiger partial charge on any atom is -0.506 e. The van der Waals surface area contributed by atoms with Crippen LogP contribution in [0.15, 0.2) is 164 Å². The van der Waals surface area contributed by atoms with Crippen LogP contribution in [0.1, 0.15) is 0 Å². The summed E-state index contributed by atoms with van der Waals surface area (Å²) >= 11 is 0. The summed E-state index contributed by atoms with van der Waals surface area (Å²) in [5.74, 6) is -5.15. The summed E-state index contributed by atoms with van der Waals surface area (Å²) < 4.78 is 0. The summed E-state index contributed by atoms with van der Waals surface area (Å²) in [5, 5.41) is 87.1. The fraction of sp³-hybridized carbons (Fsp3) is 0. The fourth-order valence-electron chi connectivity index (χ4n) is 8.54. The quantitative estimate of drug-likeness (QED) is 0.0525. The summed E-state index contributed by atoms with van der Waals surface area (Å²) in [5.41, 5.74) is 4.64. The number of hydrogen-bond acceptors (Lipinski definition) is 7. The highest BCUT2D eigenvalue weighted by molar-refractivity contribution is 6.30. The maximum atomic E-state index is 12.9. The second kappa shape index (κ2) is 13.5. The molecule has 0 aromatic heterocycles. The lowest BCUT2D eigenvalue weighted by molar-refractivity contribution is 0.351. The number of phenols is 7. The van der Waals surface area contributed by atoms with Crippen molar-refractivity contribution in [3.63, 3.8) is 0 Å². The van der Waals surface area contributed by atoms with Gasteiger partial charge in [-0.3, -0.25) is 0 Å². The van der Waals surface area contributed by atoms with Gasteiger partial charge in [-0.05, 0) is 90.8 Å². The van der Waals surface area contributed by atoms with Crippen LogP contribution in [0.2, 0.25) is 0 Å². The van der Waals surface area contributed by atoms with Crippen LogP contribution in [-0.4, -0.2) is 35.7 Å². The first-order valence-electron chi connectivity index (χ1n) is 19.0. The van der Waals surface area contributed by atoms with Crippen molar-refractivity contribution in [2.45, 2.75) is 0 Å². The molecule has 7 heteroatoms. The summed E-state index contributed by atoms with van der Waals surface area (Å²) in [6, 6.07) is 51.1. The first-order valence-corrected chi connectivity index (χ1v) is 19.0. The molecule has 0 saturated carbocycles. The zero-order valence-electron chi connectivity index (χ0n) is 31.2. The number of benzene rings is 10. The largest absolute Gasteiger partial charge is 0.506 e. The Bertz CT molecular complexity index is 3280. The molecule has 284 valence electrons. The van der Waals surface area contributed by atoms with E-state index >= 15 is 0 Å². The van der Waals surface area contributed by atoms with Crippen molar-refractivity contribution in [3.8, 4) is 95.9 Å². The molecule has 0 fully saturated rings. The number of aromatic hydroxyl groups is 7. The fourth-order valence-corrected chi connectivity index (χ4v) is 8.54. The van der Waals surface area contributed by atoms with E-state index in [1.54, 1.807) is 18.2 Å². The van der Waals surface area contributed by atoms with Gasteiger partial charge in [0.25, 0.3) is 0 Å². The lowest BCUT2D eigenvalue weighted by Gasteiger charge is -2.24. The number of hydrogen-bond donors (Lipinski definition) is 7. The van der Waals surface area contributed by atoms with Gasteiger partial charge in [0.05, 0.1) is 5.56 Å². The second-order valence-corrected chi connectivity index (χ2v) is 14.7. The van der Waals surface area contributed by atoms with Crippen LogP contribution >= 0.6 is 0 Å². The van der Waals surface area contributed by atoms with Crippen LogP contribution in [0, 0.1) is 0 Å². The number of rotatable bonds is 5. The molecule has 0 aliphatic rings. The maximum Gasteiger partial charge on any atom is 0.204 e. The molecule has 0 radical (unpaired) electrons. The van der Waals surface area contributed by atoms with Gasteiger partial charge in [-0.1, -0.05) is 133 Å². The summed E-state index contributed by atoms with van der Waals surface area (Å²) in [4.78, 5) is 0. The molecule has 0 bridgehead atoms. The minimum absolute atomic E-state index is 0.0168. The zero-order valence-corrected chi connectivity index (χ0v) is 31.2. The number of phenolic OH excluding ortho intramolecular Hbond substituents is 7. The van der Waals surface area contributed by atoms with Gasteiger partial charge in [0, 0.05) is 32.7 Å². The molecule has 0 heterocycles. The molecule has 0 aliphatic heterocycles. The normalized spacial score (nSPS) is 11.5. The SMILES string of the molecule is Oc1c(O)c(O)c2c(-c3cc(-c4ccccc4)cc(-c4ccccc4)c3)c3c(O)c(-c4ccc5ccccc5c4)c(O)c(O)c3c(-c3ccc4ccccc4c3)c2c1O. The first-order chi connectivity index (χ1) is 28.7. The highest BCUT2D eigenvalue weighted by atomic mass is 16.3. The third kappa shape index (κ3) is 5.51. The van der Waals surface area contributed by atoms with Crippen LogP contribution in [0.4, 0.5) is 0 Å². The van der Waals surface area contributed by atoms with E-state index < -0.39 is 40.2 Å². The van der Waals surface area contributed by atoms with Crippen molar-refractivity contribution in [2.75, 3.05) is 0 Å². The van der Waals surface area contributed by atoms with Gasteiger partial charge in [0.1, 0.15) is 5.75 Å². The first kappa shape index (κ1) is 35.3. The molecular weight excluding hydrogens is 737 g/mol. The van der Waals surface area contributed by atoms with Gasteiger partial charge >= 0.3 is 0 Å². The van der Waals surface area contributed by atoms with Crippen LogP contribution < -0.4 is 0 Å². The smallest absolute Gasteiger partial charge is 0.204 e. The van der Waals surface area contributed by atoms with Crippen LogP contribution in [0.5, 0.6) is 40.2 Å². The predicted molar refractivity (Wildman–Crippen MR) is 235 cm³/mol. The summed E-state index contributed by atoms with van der Waals surface area (Å²) in [7, 11) is 0. The van der Waals surface area contributed by atoms with Gasteiger partial charge < -0.3 is 35.7 Å². The van der Waals surface area contributed by atoms with Crippen LogP contribution in [-0.2, 0) is 0 Å². The molecule has 0 atom stereocenters. The second-order valence-electron chi connectivity index (χ2n) is 14.7. The van der Waals surface area contributed by atoms with E-state index in [9.17, 15) is 35.7 Å². The third-order valence-electron chi connectivity index (χ3n) is 11.3. The lowest BCUT2D eigenvalue weighted by atomic mass is 9.81. The monoisotopic (exact) mass is 770 g/mol. The van der Waals surface area contributed by atoms with Gasteiger partial charge in [-0.25, -0.2) is 0 Å². The average molecular weight is 771 g/mol. The van der Waals surface area contributed by atoms with Crippen molar-refractivity contribution in [3.05, 3.63) is 164 Å². The molecule has 7 N–H and O–H groups in total. The van der Waals surface area contributed by atoms with Crippen molar-refractivity contribution < 1.29 is 35.7 Å². The molecule has 59 heavy (non-hydrogen) atoms. The lowest BCUT2D eigenvalue weighted by Crippen LogP contribution is -1.96. The standard InChI is InChI=1S/C52H34O7/c53-46-41(35-22-20-31-16-8-10-18-33(31)24-35)47(54)48(55)43-39(34-21-19-30-15-7-9-17-32(30)23-34)44-45(50(57)52(59)51(58)49(44)56)40(42(43)46)38-26-36(28-11-3-1-4-12-28)25-37(27-38)29-13-5-2-6-14-29/h1-27,53-59H. The highest BCUT2D eigenvalue weighted by Gasteiger charge is 2.33. The molecule has 0 aliphatic carbocycles. The Kier molecular flexibility index (Phi) is 8.07. The van der Waals surface area contributed by atoms with Gasteiger partial charge in [0.15, 0.2) is 23.0 Å². The van der Waals surface area contributed by atoms with Gasteiger partial charge in [-0.15, -0.1) is 0 Å². The van der Waals surface area contributed by atoms with Crippen molar-refractivity contribution >= 4 is 43.1 Å². The molecular formula is C52H34O7. The Morgan fingerprint density at radius 1 is 0.203 bits per heavy atom. The van der Waals surface area contributed by atoms with E-state index in [2.05, 4.69) is 0 Å². The van der Waals surface area contributed by atoms with E-state index in [0.717, 1.165) is 43.8 Å². The third-order valence-corrected chi connectivity index (χ3v) is 11.3. The minimum atomic E-state index is -0.980. The summed E-state index contributed by atoms with van der Waals surface area (Å²) in [6.07, 6.45) is 0. The molecule has 0 saturated heterocycles. The summed E-state index contributed by atoms with van der Waals surface area (Å²) in [6.45, 7) is 0. The van der Waals surface area contributed by atoms with E-state index in [-0.39, 0.29) is 38.2 Å². The average Bonchev–Trinajstić information content (AvgIpc) is 3.28. The Labute approximate surface area is 337 Å².